The van der Waals surface area contributed by atoms with E-state index in [9.17, 15) is 9.18 Å². The molecule has 0 aliphatic carbocycles. The largest absolute Gasteiger partial charge is 0.375 e. The summed E-state index contributed by atoms with van der Waals surface area (Å²) in [6.07, 6.45) is 0.00810. The molecule has 4 nitrogen and oxygen atoms in total. The number of aryl methyl sites for hydroxylation is 1. The van der Waals surface area contributed by atoms with Gasteiger partial charge in [-0.2, -0.15) is 0 Å². The van der Waals surface area contributed by atoms with Gasteiger partial charge >= 0.3 is 6.03 Å². The van der Waals surface area contributed by atoms with E-state index in [4.69, 9.17) is 4.74 Å². The molecule has 1 saturated heterocycles. The number of hydrogen-bond donors (Lipinski definition) is 1. The van der Waals surface area contributed by atoms with Gasteiger partial charge in [0.1, 0.15) is 5.82 Å². The van der Waals surface area contributed by atoms with Crippen LogP contribution in [-0.4, -0.2) is 36.2 Å². The number of ether oxygens (including phenoxy) is 1. The Morgan fingerprint density at radius 1 is 1.42 bits per heavy atom. The molecule has 1 fully saturated rings. The number of hydrogen-bond acceptors (Lipinski definition) is 2. The molecule has 0 spiro atoms. The van der Waals surface area contributed by atoms with Crippen molar-refractivity contribution < 1.29 is 13.9 Å². The highest BCUT2D eigenvalue weighted by Crippen LogP contribution is 2.17. The number of anilines is 1. The van der Waals surface area contributed by atoms with Crippen LogP contribution in [0.2, 0.25) is 0 Å². The molecule has 0 unspecified atom stereocenters. The van der Waals surface area contributed by atoms with Gasteiger partial charge in [0.15, 0.2) is 0 Å². The van der Waals surface area contributed by atoms with E-state index in [1.165, 1.54) is 12.1 Å². The SMILES string of the molecule is Cc1cc(F)cc(NC(=O)N2CCO[C@@H](C)[C@@H]2C)c1. The molecule has 5 heteroatoms. The molecule has 2 atom stereocenters. The standard InChI is InChI=1S/C14H19FN2O2/c1-9-6-12(15)8-13(7-9)16-14(18)17-4-5-19-11(3)10(17)2/h6-8,10-11H,4-5H2,1-3H3,(H,16,18)/t10-,11-/m0/s1. The maximum atomic E-state index is 13.3. The first kappa shape index (κ1) is 13.8. The Hall–Kier alpha value is -1.62. The Morgan fingerprint density at radius 3 is 2.84 bits per heavy atom. The van der Waals surface area contributed by atoms with E-state index < -0.39 is 0 Å². The molecule has 1 aliphatic rings. The number of nitrogens with zero attached hydrogens (tertiary/aromatic N) is 1. The van der Waals surface area contributed by atoms with E-state index in [1.54, 1.807) is 17.9 Å². The third-order valence-corrected chi connectivity index (χ3v) is 3.44. The fourth-order valence-electron chi connectivity index (χ4n) is 2.22. The van der Waals surface area contributed by atoms with Gasteiger partial charge in [-0.1, -0.05) is 0 Å². The molecule has 1 aromatic rings. The summed E-state index contributed by atoms with van der Waals surface area (Å²) in [5.41, 5.74) is 1.26. The zero-order valence-corrected chi connectivity index (χ0v) is 11.4. The Kier molecular flexibility index (Phi) is 4.04. The summed E-state index contributed by atoms with van der Waals surface area (Å²) in [5, 5.41) is 2.74. The van der Waals surface area contributed by atoms with Gasteiger partial charge in [-0.15, -0.1) is 0 Å². The molecule has 0 aromatic heterocycles. The highest BCUT2D eigenvalue weighted by Gasteiger charge is 2.29. The van der Waals surface area contributed by atoms with Crippen molar-refractivity contribution in [1.82, 2.24) is 4.90 Å². The Bertz CT molecular complexity index is 458. The lowest BCUT2D eigenvalue weighted by Gasteiger charge is -2.37. The summed E-state index contributed by atoms with van der Waals surface area (Å²) in [6, 6.07) is 4.28. The minimum absolute atomic E-state index is 0.00315. The van der Waals surface area contributed by atoms with E-state index in [0.29, 0.717) is 18.8 Å². The first-order valence-electron chi connectivity index (χ1n) is 6.44. The third-order valence-electron chi connectivity index (χ3n) is 3.44. The molecule has 1 aromatic carbocycles. The van der Waals surface area contributed by atoms with E-state index >= 15 is 0 Å². The van der Waals surface area contributed by atoms with E-state index in [0.717, 1.165) is 5.56 Å². The van der Waals surface area contributed by atoms with E-state index in [-0.39, 0.29) is 24.0 Å². The van der Waals surface area contributed by atoms with E-state index in [2.05, 4.69) is 5.32 Å². The first-order valence-corrected chi connectivity index (χ1v) is 6.44. The van der Waals surface area contributed by atoms with Gasteiger partial charge in [-0.05, 0) is 44.5 Å². The lowest BCUT2D eigenvalue weighted by molar-refractivity contribution is -0.0355. The number of halogens is 1. The minimum Gasteiger partial charge on any atom is -0.375 e. The third kappa shape index (κ3) is 3.23. The highest BCUT2D eigenvalue weighted by molar-refractivity contribution is 5.89. The van der Waals surface area contributed by atoms with Crippen LogP contribution in [0.4, 0.5) is 14.9 Å². The van der Waals surface area contributed by atoms with Crippen molar-refractivity contribution in [1.29, 1.82) is 0 Å². The Morgan fingerprint density at radius 2 is 2.16 bits per heavy atom. The van der Waals surface area contributed by atoms with Crippen molar-refractivity contribution in [3.8, 4) is 0 Å². The first-order chi connectivity index (χ1) is 8.97. The topological polar surface area (TPSA) is 41.6 Å². The molecule has 1 aliphatic heterocycles. The predicted octanol–water partition coefficient (Wildman–Crippen LogP) is 2.78. The second kappa shape index (κ2) is 5.57. The van der Waals surface area contributed by atoms with Crippen LogP contribution in [0.15, 0.2) is 18.2 Å². The number of nitrogens with one attached hydrogen (secondary N) is 1. The Labute approximate surface area is 112 Å². The van der Waals surface area contributed by atoms with E-state index in [1.807, 2.05) is 13.8 Å². The molecule has 104 valence electrons. The summed E-state index contributed by atoms with van der Waals surface area (Å²) in [5.74, 6) is -0.348. The van der Waals surface area contributed by atoms with Crippen LogP contribution in [0, 0.1) is 12.7 Å². The highest BCUT2D eigenvalue weighted by atomic mass is 19.1. The van der Waals surface area contributed by atoms with Crippen LogP contribution in [0.25, 0.3) is 0 Å². The quantitative estimate of drug-likeness (QED) is 0.849. The Balaban J connectivity index is 2.08. The van der Waals surface area contributed by atoms with Crippen LogP contribution < -0.4 is 5.32 Å². The number of morpholine rings is 1. The summed E-state index contributed by atoms with van der Waals surface area (Å²) >= 11 is 0. The normalized spacial score (nSPS) is 23.3. The fourth-order valence-corrected chi connectivity index (χ4v) is 2.22. The van der Waals surface area contributed by atoms with Gasteiger partial charge in [-0.25, -0.2) is 9.18 Å². The maximum absolute atomic E-state index is 13.3. The average Bonchev–Trinajstić information content (AvgIpc) is 2.31. The van der Waals surface area contributed by atoms with Crippen LogP contribution in [0.5, 0.6) is 0 Å². The van der Waals surface area contributed by atoms with Crippen molar-refractivity contribution in [3.63, 3.8) is 0 Å². The molecule has 19 heavy (non-hydrogen) atoms. The number of urea groups is 1. The zero-order chi connectivity index (χ0) is 14.0. The van der Waals surface area contributed by atoms with Crippen LogP contribution in [-0.2, 0) is 4.74 Å². The smallest absolute Gasteiger partial charge is 0.322 e. The van der Waals surface area contributed by atoms with Gasteiger partial charge in [0, 0.05) is 12.2 Å². The summed E-state index contributed by atoms with van der Waals surface area (Å²) in [4.78, 5) is 13.9. The number of amides is 2. The molecule has 0 saturated carbocycles. The van der Waals surface area contributed by atoms with Crippen LogP contribution in [0.1, 0.15) is 19.4 Å². The van der Waals surface area contributed by atoms with Crippen molar-refractivity contribution in [3.05, 3.63) is 29.6 Å². The van der Waals surface area contributed by atoms with Crippen LogP contribution >= 0.6 is 0 Å². The van der Waals surface area contributed by atoms with Gasteiger partial charge in [-0.3, -0.25) is 0 Å². The second-order valence-electron chi connectivity index (χ2n) is 4.96. The van der Waals surface area contributed by atoms with Gasteiger partial charge in [0.25, 0.3) is 0 Å². The summed E-state index contributed by atoms with van der Waals surface area (Å²) in [7, 11) is 0. The number of benzene rings is 1. The molecule has 0 radical (unpaired) electrons. The lowest BCUT2D eigenvalue weighted by Crippen LogP contribution is -2.52. The van der Waals surface area contributed by atoms with Crippen molar-refractivity contribution in [2.75, 3.05) is 18.5 Å². The molecule has 1 heterocycles. The number of carbonyl (C=O) groups excluding carboxylic acids is 1. The summed E-state index contributed by atoms with van der Waals surface area (Å²) in [6.45, 7) is 6.75. The van der Waals surface area contributed by atoms with Crippen molar-refractivity contribution in [2.24, 2.45) is 0 Å². The molecular formula is C14H19FN2O2. The monoisotopic (exact) mass is 266 g/mol. The molecule has 0 bridgehead atoms. The predicted molar refractivity (Wildman–Crippen MR) is 71.7 cm³/mol. The summed E-state index contributed by atoms with van der Waals surface area (Å²) < 4.78 is 18.8. The lowest BCUT2D eigenvalue weighted by atomic mass is 10.1. The fraction of sp³-hybridized carbons (Fsp3) is 0.500. The van der Waals surface area contributed by atoms with Gasteiger partial charge < -0.3 is 15.0 Å². The van der Waals surface area contributed by atoms with Crippen molar-refractivity contribution >= 4 is 11.7 Å². The molecular weight excluding hydrogens is 247 g/mol. The van der Waals surface area contributed by atoms with Gasteiger partial charge in [0.05, 0.1) is 18.8 Å². The number of rotatable bonds is 1. The average molecular weight is 266 g/mol. The molecule has 2 rings (SSSR count). The van der Waals surface area contributed by atoms with Gasteiger partial charge in [0.2, 0.25) is 0 Å². The minimum atomic E-state index is -0.348. The number of carbonyl (C=O) groups is 1. The zero-order valence-electron chi connectivity index (χ0n) is 11.4. The second-order valence-corrected chi connectivity index (χ2v) is 4.96. The van der Waals surface area contributed by atoms with Crippen LogP contribution in [0.3, 0.4) is 0 Å². The molecule has 1 N–H and O–H groups in total. The maximum Gasteiger partial charge on any atom is 0.322 e. The van der Waals surface area contributed by atoms with Crippen molar-refractivity contribution in [2.45, 2.75) is 32.9 Å². The molecule has 2 amide bonds.